The van der Waals surface area contributed by atoms with Crippen molar-refractivity contribution < 1.29 is 8.78 Å². The molecule has 0 aromatic rings. The molecular weight excluding hydrogens is 254 g/mol. The third-order valence-electron chi connectivity index (χ3n) is 6.93. The molecule has 2 aliphatic rings. The highest BCUT2D eigenvalue weighted by atomic mass is 19.3. The van der Waals surface area contributed by atoms with Crippen LogP contribution in [-0.2, 0) is 0 Å². The lowest BCUT2D eigenvalue weighted by Gasteiger charge is -2.48. The van der Waals surface area contributed by atoms with Gasteiger partial charge in [0.15, 0.2) is 0 Å². The molecule has 0 aromatic carbocycles. The van der Waals surface area contributed by atoms with Gasteiger partial charge in [-0.15, -0.1) is 0 Å². The Bertz CT molecular complexity index is 340. The Morgan fingerprint density at radius 1 is 0.950 bits per heavy atom. The van der Waals surface area contributed by atoms with Crippen LogP contribution in [0.15, 0.2) is 0 Å². The molecule has 0 saturated heterocycles. The van der Waals surface area contributed by atoms with E-state index in [1.54, 1.807) is 0 Å². The summed E-state index contributed by atoms with van der Waals surface area (Å²) in [5.74, 6) is -2.17. The molecular formula is C18H32F2. The Hall–Kier alpha value is -0.140. The van der Waals surface area contributed by atoms with E-state index in [0.717, 1.165) is 6.42 Å². The summed E-state index contributed by atoms with van der Waals surface area (Å²) in [5, 5.41) is 0. The lowest BCUT2D eigenvalue weighted by Crippen LogP contribution is -2.44. The van der Waals surface area contributed by atoms with Crippen molar-refractivity contribution in [3.8, 4) is 0 Å². The molecule has 0 aromatic heterocycles. The summed E-state index contributed by atoms with van der Waals surface area (Å²) in [6.45, 7) is 11.6. The SMILES string of the molecule is CC(C)(CCC(C)(C)C1(C)CCCC1)C1CC(F)(F)C1. The Balaban J connectivity index is 1.90. The van der Waals surface area contributed by atoms with Crippen LogP contribution in [0.2, 0.25) is 0 Å². The minimum Gasteiger partial charge on any atom is -0.207 e. The molecule has 0 N–H and O–H groups in total. The first-order chi connectivity index (χ1) is 8.98. The molecule has 0 heterocycles. The number of hydrogen-bond acceptors (Lipinski definition) is 0. The van der Waals surface area contributed by atoms with Crippen LogP contribution in [0.5, 0.6) is 0 Å². The highest BCUT2D eigenvalue weighted by molar-refractivity contribution is 4.97. The van der Waals surface area contributed by atoms with Crippen molar-refractivity contribution in [2.75, 3.05) is 0 Å². The minimum atomic E-state index is -2.38. The van der Waals surface area contributed by atoms with Crippen LogP contribution < -0.4 is 0 Å². The Morgan fingerprint density at radius 2 is 1.45 bits per heavy atom. The van der Waals surface area contributed by atoms with E-state index in [2.05, 4.69) is 34.6 Å². The van der Waals surface area contributed by atoms with Gasteiger partial charge in [-0.05, 0) is 47.8 Å². The number of halogens is 2. The van der Waals surface area contributed by atoms with Gasteiger partial charge in [0.05, 0.1) is 0 Å². The first-order valence-electron chi connectivity index (χ1n) is 8.35. The second-order valence-electron chi connectivity index (χ2n) is 9.10. The summed E-state index contributed by atoms with van der Waals surface area (Å²) in [6, 6.07) is 0. The van der Waals surface area contributed by atoms with Crippen molar-refractivity contribution in [1.82, 2.24) is 0 Å². The second kappa shape index (κ2) is 4.95. The van der Waals surface area contributed by atoms with Gasteiger partial charge < -0.3 is 0 Å². The topological polar surface area (TPSA) is 0 Å². The maximum absolute atomic E-state index is 13.1. The highest BCUT2D eigenvalue weighted by Crippen LogP contribution is 2.57. The molecule has 0 atom stereocenters. The normalized spacial score (nSPS) is 26.6. The van der Waals surface area contributed by atoms with E-state index in [-0.39, 0.29) is 24.2 Å². The molecule has 2 saturated carbocycles. The van der Waals surface area contributed by atoms with E-state index >= 15 is 0 Å². The van der Waals surface area contributed by atoms with Crippen LogP contribution in [0.25, 0.3) is 0 Å². The van der Waals surface area contributed by atoms with Gasteiger partial charge in [0.25, 0.3) is 0 Å². The quantitative estimate of drug-likeness (QED) is 0.545. The van der Waals surface area contributed by atoms with Crippen molar-refractivity contribution in [3.05, 3.63) is 0 Å². The minimum absolute atomic E-state index is 0.0634. The predicted molar refractivity (Wildman–Crippen MR) is 81.0 cm³/mol. The van der Waals surface area contributed by atoms with Gasteiger partial charge in [0.2, 0.25) is 5.92 Å². The second-order valence-corrected chi connectivity index (χ2v) is 9.10. The van der Waals surface area contributed by atoms with Crippen molar-refractivity contribution in [3.63, 3.8) is 0 Å². The van der Waals surface area contributed by atoms with Crippen molar-refractivity contribution in [2.45, 2.75) is 91.9 Å². The number of alkyl halides is 2. The fourth-order valence-corrected chi connectivity index (χ4v) is 4.19. The summed E-state index contributed by atoms with van der Waals surface area (Å²) in [7, 11) is 0. The largest absolute Gasteiger partial charge is 0.248 e. The maximum Gasteiger partial charge on any atom is 0.248 e. The van der Waals surface area contributed by atoms with E-state index in [1.165, 1.54) is 32.1 Å². The number of hydrogen-bond donors (Lipinski definition) is 0. The maximum atomic E-state index is 13.1. The van der Waals surface area contributed by atoms with Crippen LogP contribution in [0.3, 0.4) is 0 Å². The zero-order chi connectivity index (χ0) is 15.2. The molecule has 20 heavy (non-hydrogen) atoms. The van der Waals surface area contributed by atoms with Gasteiger partial charge in [-0.3, -0.25) is 0 Å². The lowest BCUT2D eigenvalue weighted by atomic mass is 9.58. The fourth-order valence-electron chi connectivity index (χ4n) is 4.19. The zero-order valence-corrected chi connectivity index (χ0v) is 14.0. The molecule has 2 rings (SSSR count). The molecule has 2 heteroatoms. The molecule has 0 unspecified atom stereocenters. The molecule has 2 fully saturated rings. The Morgan fingerprint density at radius 3 is 1.90 bits per heavy atom. The summed E-state index contributed by atoms with van der Waals surface area (Å²) >= 11 is 0. The van der Waals surface area contributed by atoms with Gasteiger partial charge in [-0.25, -0.2) is 8.78 Å². The average molecular weight is 286 g/mol. The Kier molecular flexibility index (Phi) is 4.02. The van der Waals surface area contributed by atoms with Crippen LogP contribution in [0.1, 0.15) is 86.0 Å². The van der Waals surface area contributed by atoms with Gasteiger partial charge in [-0.2, -0.15) is 0 Å². The highest BCUT2D eigenvalue weighted by Gasteiger charge is 2.52. The van der Waals surface area contributed by atoms with Crippen LogP contribution >= 0.6 is 0 Å². The van der Waals surface area contributed by atoms with Gasteiger partial charge in [0, 0.05) is 12.8 Å². The molecule has 118 valence electrons. The zero-order valence-electron chi connectivity index (χ0n) is 14.0. The predicted octanol–water partition coefficient (Wildman–Crippen LogP) is 6.44. The standard InChI is InChI=1S/C18H32F2/c1-15(2,14-12-18(19,20)13-14)10-11-16(3,4)17(5)8-6-7-9-17/h14H,6-13H2,1-5H3. The average Bonchev–Trinajstić information content (AvgIpc) is 2.72. The van der Waals surface area contributed by atoms with Gasteiger partial charge >= 0.3 is 0 Å². The van der Waals surface area contributed by atoms with Crippen molar-refractivity contribution in [1.29, 1.82) is 0 Å². The summed E-state index contributed by atoms with van der Waals surface area (Å²) in [6.07, 6.45) is 7.85. The molecule has 0 aliphatic heterocycles. The van der Waals surface area contributed by atoms with E-state index in [1.807, 2.05) is 0 Å². The molecule has 0 radical (unpaired) electrons. The van der Waals surface area contributed by atoms with Crippen LogP contribution in [0, 0.1) is 22.2 Å². The summed E-state index contributed by atoms with van der Waals surface area (Å²) < 4.78 is 26.2. The molecule has 2 aliphatic carbocycles. The Labute approximate surface area is 123 Å². The van der Waals surface area contributed by atoms with E-state index in [4.69, 9.17) is 0 Å². The fraction of sp³-hybridized carbons (Fsp3) is 1.00. The molecule has 0 spiro atoms. The molecule has 0 nitrogen and oxygen atoms in total. The third kappa shape index (κ3) is 3.04. The smallest absolute Gasteiger partial charge is 0.207 e. The first kappa shape index (κ1) is 16.2. The van der Waals surface area contributed by atoms with Gasteiger partial charge in [-0.1, -0.05) is 47.5 Å². The van der Waals surface area contributed by atoms with Crippen LogP contribution in [-0.4, -0.2) is 5.92 Å². The lowest BCUT2D eigenvalue weighted by molar-refractivity contribution is -0.145. The molecule has 0 bridgehead atoms. The van der Waals surface area contributed by atoms with Crippen molar-refractivity contribution >= 4 is 0 Å². The van der Waals surface area contributed by atoms with E-state index < -0.39 is 5.92 Å². The van der Waals surface area contributed by atoms with E-state index in [0.29, 0.717) is 10.8 Å². The van der Waals surface area contributed by atoms with E-state index in [9.17, 15) is 8.78 Å². The molecule has 0 amide bonds. The summed E-state index contributed by atoms with van der Waals surface area (Å²) in [4.78, 5) is 0. The van der Waals surface area contributed by atoms with Crippen LogP contribution in [0.4, 0.5) is 8.78 Å². The first-order valence-corrected chi connectivity index (χ1v) is 8.35. The number of rotatable bonds is 5. The van der Waals surface area contributed by atoms with Gasteiger partial charge in [0.1, 0.15) is 0 Å². The summed E-state index contributed by atoms with van der Waals surface area (Å²) in [5.41, 5.74) is 0.841. The monoisotopic (exact) mass is 286 g/mol. The third-order valence-corrected chi connectivity index (χ3v) is 6.93. The van der Waals surface area contributed by atoms with Crippen molar-refractivity contribution in [2.24, 2.45) is 22.2 Å².